The van der Waals surface area contributed by atoms with E-state index in [2.05, 4.69) is 5.32 Å². The Hall–Kier alpha value is -3.15. The van der Waals surface area contributed by atoms with Crippen LogP contribution >= 0.6 is 0 Å². The predicted molar refractivity (Wildman–Crippen MR) is 103 cm³/mol. The van der Waals surface area contributed by atoms with Crippen LogP contribution in [0.15, 0.2) is 54.6 Å². The van der Waals surface area contributed by atoms with Crippen LogP contribution in [0, 0.1) is 6.92 Å². The van der Waals surface area contributed by atoms with Crippen LogP contribution < -0.4 is 10.2 Å². The average Bonchev–Trinajstić information content (AvgIpc) is 2.88. The van der Waals surface area contributed by atoms with Gasteiger partial charge in [-0.3, -0.25) is 14.5 Å². The van der Waals surface area contributed by atoms with Crippen LogP contribution in [0.5, 0.6) is 0 Å². The highest BCUT2D eigenvalue weighted by atomic mass is 16.2. The van der Waals surface area contributed by atoms with Crippen molar-refractivity contribution in [2.24, 2.45) is 0 Å². The lowest BCUT2D eigenvalue weighted by Crippen LogP contribution is -2.44. The molecule has 6 heteroatoms. The number of likely N-dealkylation sites (N-methyl/N-ethyl adjacent to an activating group) is 1. The summed E-state index contributed by atoms with van der Waals surface area (Å²) in [6.45, 7) is 5.62. The van der Waals surface area contributed by atoms with Gasteiger partial charge in [0.15, 0.2) is 0 Å². The van der Waals surface area contributed by atoms with E-state index in [1.165, 1.54) is 0 Å². The normalized spacial score (nSPS) is 19.1. The van der Waals surface area contributed by atoms with Crippen molar-refractivity contribution in [3.8, 4) is 0 Å². The van der Waals surface area contributed by atoms with Gasteiger partial charge in [0.05, 0.1) is 0 Å². The molecule has 1 fully saturated rings. The number of nitrogens with one attached hydrogen (secondary N) is 1. The summed E-state index contributed by atoms with van der Waals surface area (Å²) in [5, 5.41) is 2.73. The van der Waals surface area contributed by atoms with E-state index < -0.39 is 17.5 Å². The molecule has 3 rings (SSSR count). The van der Waals surface area contributed by atoms with Crippen molar-refractivity contribution >= 4 is 23.5 Å². The maximum Gasteiger partial charge on any atom is 0.325 e. The average molecular weight is 365 g/mol. The Morgan fingerprint density at radius 1 is 1.07 bits per heavy atom. The van der Waals surface area contributed by atoms with E-state index in [9.17, 15) is 14.4 Å². The second kappa shape index (κ2) is 7.23. The van der Waals surface area contributed by atoms with Gasteiger partial charge >= 0.3 is 6.03 Å². The molecule has 1 aliphatic rings. The van der Waals surface area contributed by atoms with Gasteiger partial charge in [0.1, 0.15) is 12.1 Å². The van der Waals surface area contributed by atoms with E-state index in [0.29, 0.717) is 12.1 Å². The zero-order chi connectivity index (χ0) is 19.6. The quantitative estimate of drug-likeness (QED) is 0.829. The Kier molecular flexibility index (Phi) is 4.99. The minimum atomic E-state index is -1.17. The Morgan fingerprint density at radius 2 is 1.70 bits per heavy atom. The first-order valence-electron chi connectivity index (χ1n) is 8.93. The molecule has 4 amide bonds. The monoisotopic (exact) mass is 365 g/mol. The number of aryl methyl sites for hydroxylation is 1. The summed E-state index contributed by atoms with van der Waals surface area (Å²) < 4.78 is 0. The molecule has 1 N–H and O–H groups in total. The number of carbonyl (C=O) groups is 3. The van der Waals surface area contributed by atoms with Gasteiger partial charge < -0.3 is 10.2 Å². The third kappa shape index (κ3) is 3.43. The van der Waals surface area contributed by atoms with Crippen LogP contribution in [0.4, 0.5) is 10.5 Å². The summed E-state index contributed by atoms with van der Waals surface area (Å²) in [7, 11) is 0. The van der Waals surface area contributed by atoms with E-state index in [1.54, 1.807) is 11.8 Å². The number of urea groups is 1. The van der Waals surface area contributed by atoms with Crippen LogP contribution in [-0.4, -0.2) is 35.8 Å². The molecule has 2 aromatic rings. The van der Waals surface area contributed by atoms with Gasteiger partial charge in [-0.2, -0.15) is 0 Å². The Bertz CT molecular complexity index is 864. The molecule has 1 atom stereocenters. The third-order valence-corrected chi connectivity index (χ3v) is 4.88. The maximum atomic E-state index is 13.0. The standard InChI is InChI=1S/C21H23N3O3/c1-4-23(17-8-6-5-7-9-17)18(25)14-24-19(26)21(3,22-20(24)27)16-12-10-15(2)11-13-16/h5-13H,4,14H2,1-3H3,(H,22,27)/t21-/m1/s1. The molecule has 0 saturated carbocycles. The largest absolute Gasteiger partial charge is 0.325 e. The SMILES string of the molecule is CCN(C(=O)CN1C(=O)N[C@](C)(c2ccc(C)cc2)C1=O)c1ccccc1. The maximum absolute atomic E-state index is 13.0. The summed E-state index contributed by atoms with van der Waals surface area (Å²) in [6, 6.07) is 16.1. The molecule has 1 aliphatic heterocycles. The summed E-state index contributed by atoms with van der Waals surface area (Å²) >= 11 is 0. The van der Waals surface area contributed by atoms with Crippen molar-refractivity contribution in [1.29, 1.82) is 0 Å². The van der Waals surface area contributed by atoms with Crippen molar-refractivity contribution < 1.29 is 14.4 Å². The number of amides is 4. The highest BCUT2D eigenvalue weighted by Crippen LogP contribution is 2.29. The molecule has 2 aromatic carbocycles. The van der Waals surface area contributed by atoms with Crippen molar-refractivity contribution in [1.82, 2.24) is 10.2 Å². The number of imide groups is 1. The first kappa shape index (κ1) is 18.6. The van der Waals surface area contributed by atoms with Crippen molar-refractivity contribution in [2.75, 3.05) is 18.0 Å². The predicted octanol–water partition coefficient (Wildman–Crippen LogP) is 2.82. The van der Waals surface area contributed by atoms with Gasteiger partial charge in [0.25, 0.3) is 5.91 Å². The second-order valence-corrected chi connectivity index (χ2v) is 6.79. The molecule has 0 aliphatic carbocycles. The summed E-state index contributed by atoms with van der Waals surface area (Å²) in [4.78, 5) is 40.7. The summed E-state index contributed by atoms with van der Waals surface area (Å²) in [5.74, 6) is -0.728. The molecule has 0 bridgehead atoms. The molecule has 6 nitrogen and oxygen atoms in total. The number of nitrogens with zero attached hydrogens (tertiary/aromatic N) is 2. The van der Waals surface area contributed by atoms with Gasteiger partial charge in [-0.05, 0) is 38.5 Å². The van der Waals surface area contributed by atoms with Gasteiger partial charge in [-0.15, -0.1) is 0 Å². The van der Waals surface area contributed by atoms with E-state index in [1.807, 2.05) is 68.4 Å². The molecule has 0 radical (unpaired) electrons. The molecule has 0 spiro atoms. The molecular weight excluding hydrogens is 342 g/mol. The van der Waals surface area contributed by atoms with Crippen LogP contribution in [0.2, 0.25) is 0 Å². The van der Waals surface area contributed by atoms with Crippen LogP contribution in [0.1, 0.15) is 25.0 Å². The molecule has 27 heavy (non-hydrogen) atoms. The highest BCUT2D eigenvalue weighted by molar-refractivity contribution is 6.10. The molecule has 140 valence electrons. The minimum Gasteiger partial charge on any atom is -0.319 e. The van der Waals surface area contributed by atoms with Gasteiger partial charge in [0.2, 0.25) is 5.91 Å². The second-order valence-electron chi connectivity index (χ2n) is 6.79. The van der Waals surface area contributed by atoms with Crippen LogP contribution in [-0.2, 0) is 15.1 Å². The van der Waals surface area contributed by atoms with Crippen molar-refractivity contribution in [2.45, 2.75) is 26.3 Å². The fourth-order valence-corrected chi connectivity index (χ4v) is 3.25. The van der Waals surface area contributed by atoms with E-state index >= 15 is 0 Å². The van der Waals surface area contributed by atoms with Crippen LogP contribution in [0.25, 0.3) is 0 Å². The Balaban J connectivity index is 1.81. The molecule has 0 aromatic heterocycles. The summed E-state index contributed by atoms with van der Waals surface area (Å²) in [6.07, 6.45) is 0. The smallest absolute Gasteiger partial charge is 0.319 e. The highest BCUT2D eigenvalue weighted by Gasteiger charge is 2.49. The first-order valence-corrected chi connectivity index (χ1v) is 8.93. The van der Waals surface area contributed by atoms with E-state index in [4.69, 9.17) is 0 Å². The minimum absolute atomic E-state index is 0.297. The van der Waals surface area contributed by atoms with Gasteiger partial charge in [-0.1, -0.05) is 48.0 Å². The lowest BCUT2D eigenvalue weighted by atomic mass is 9.91. The molecule has 1 heterocycles. The lowest BCUT2D eigenvalue weighted by Gasteiger charge is -2.24. The van der Waals surface area contributed by atoms with Crippen molar-refractivity contribution in [3.05, 3.63) is 65.7 Å². The fourth-order valence-electron chi connectivity index (χ4n) is 3.25. The molecular formula is C21H23N3O3. The van der Waals surface area contributed by atoms with Crippen LogP contribution in [0.3, 0.4) is 0 Å². The first-order chi connectivity index (χ1) is 12.9. The lowest BCUT2D eigenvalue weighted by molar-refractivity contribution is -0.134. The number of hydrogen-bond donors (Lipinski definition) is 1. The topological polar surface area (TPSA) is 69.7 Å². The number of para-hydroxylation sites is 1. The van der Waals surface area contributed by atoms with E-state index in [-0.39, 0.29) is 12.5 Å². The molecule has 1 saturated heterocycles. The van der Waals surface area contributed by atoms with Crippen molar-refractivity contribution in [3.63, 3.8) is 0 Å². The summed E-state index contributed by atoms with van der Waals surface area (Å²) in [5.41, 5.74) is 1.32. The number of benzene rings is 2. The number of carbonyl (C=O) groups excluding carboxylic acids is 3. The number of anilines is 1. The van der Waals surface area contributed by atoms with Gasteiger partial charge in [0, 0.05) is 12.2 Å². The zero-order valence-electron chi connectivity index (χ0n) is 15.7. The molecule has 0 unspecified atom stereocenters. The third-order valence-electron chi connectivity index (χ3n) is 4.88. The Morgan fingerprint density at radius 3 is 2.30 bits per heavy atom. The van der Waals surface area contributed by atoms with Gasteiger partial charge in [-0.25, -0.2) is 4.79 Å². The Labute approximate surface area is 158 Å². The zero-order valence-corrected chi connectivity index (χ0v) is 15.7. The number of hydrogen-bond acceptors (Lipinski definition) is 3. The number of rotatable bonds is 5. The fraction of sp³-hybridized carbons (Fsp3) is 0.286. The van der Waals surface area contributed by atoms with E-state index in [0.717, 1.165) is 16.2 Å².